The zero-order valence-corrected chi connectivity index (χ0v) is 43.8. The number of likely N-dealkylation sites (tertiary alicyclic amines) is 2. The molecule has 6 heterocycles. The summed E-state index contributed by atoms with van der Waals surface area (Å²) in [7, 11) is 1.46. The minimum absolute atomic E-state index is 0. The van der Waals surface area contributed by atoms with Crippen molar-refractivity contribution >= 4 is 69.3 Å². The van der Waals surface area contributed by atoms with Gasteiger partial charge in [0.2, 0.25) is 11.8 Å². The number of carbonyl (C=O) groups excluding carboxylic acids is 3. The molecule has 74 heavy (non-hydrogen) atoms. The van der Waals surface area contributed by atoms with Crippen LogP contribution in [-0.4, -0.2) is 95.0 Å². The molecule has 0 spiro atoms. The fourth-order valence-corrected chi connectivity index (χ4v) is 11.5. The number of hydrogen-bond donors (Lipinski definition) is 3. The Hall–Kier alpha value is -6.53. The Morgan fingerprint density at radius 2 is 1.03 bits per heavy atom. The van der Waals surface area contributed by atoms with E-state index >= 15 is 0 Å². The lowest BCUT2D eigenvalue weighted by atomic mass is 9.81. The predicted octanol–water partition coefficient (Wildman–Crippen LogP) is 11.3. The number of piperidine rings is 2. The van der Waals surface area contributed by atoms with Crippen LogP contribution in [0.15, 0.2) is 109 Å². The van der Waals surface area contributed by atoms with Gasteiger partial charge in [-0.3, -0.25) is 19.2 Å². The average molecular weight is 1020 g/mol. The van der Waals surface area contributed by atoms with Crippen LogP contribution in [0.2, 0.25) is 0 Å². The number of hydrogen-bond acceptors (Lipinski definition) is 9. The molecule has 0 radical (unpaired) electrons. The van der Waals surface area contributed by atoms with E-state index < -0.39 is 5.97 Å². The van der Waals surface area contributed by atoms with Gasteiger partial charge in [-0.2, -0.15) is 0 Å². The molecule has 2 saturated heterocycles. The van der Waals surface area contributed by atoms with Crippen LogP contribution in [0.3, 0.4) is 0 Å². The highest BCUT2D eigenvalue weighted by molar-refractivity contribution is 5.86. The van der Waals surface area contributed by atoms with Gasteiger partial charge < -0.3 is 30.3 Å². The van der Waals surface area contributed by atoms with Crippen LogP contribution in [0.25, 0.3) is 21.5 Å². The Labute approximate surface area is 442 Å². The number of fused-ring (bicyclic) bond motifs is 4. The van der Waals surface area contributed by atoms with Crippen LogP contribution >= 0.6 is 12.4 Å². The van der Waals surface area contributed by atoms with Crippen molar-refractivity contribution in [2.45, 2.75) is 115 Å². The number of carboxylic acids is 1. The minimum Gasteiger partial charge on any atom is -0.481 e. The van der Waals surface area contributed by atoms with Gasteiger partial charge in [0.15, 0.2) is 0 Å². The molecule has 2 amide bonds. The van der Waals surface area contributed by atoms with Crippen LogP contribution < -0.4 is 10.6 Å². The maximum atomic E-state index is 12.9. The maximum absolute atomic E-state index is 12.9. The Bertz CT molecular complexity index is 2880. The lowest BCUT2D eigenvalue weighted by Crippen LogP contribution is -2.39. The average Bonchev–Trinajstić information content (AvgIpc) is 3.43. The van der Waals surface area contributed by atoms with Crippen molar-refractivity contribution in [3.63, 3.8) is 0 Å². The molecule has 0 bridgehead atoms. The second kappa shape index (κ2) is 26.1. The Morgan fingerprint density at radius 3 is 1.46 bits per heavy atom. The van der Waals surface area contributed by atoms with Gasteiger partial charge in [-0.1, -0.05) is 97.1 Å². The van der Waals surface area contributed by atoms with Crippen LogP contribution in [0, 0.1) is 11.8 Å². The molecule has 0 aliphatic carbocycles. The molecular formula is C61H73ClN6O6. The van der Waals surface area contributed by atoms with E-state index in [9.17, 15) is 24.3 Å². The minimum atomic E-state index is -0.758. The van der Waals surface area contributed by atoms with E-state index in [0.29, 0.717) is 43.9 Å². The van der Waals surface area contributed by atoms with Crippen molar-refractivity contribution in [3.8, 4) is 0 Å². The Morgan fingerprint density at radius 1 is 0.595 bits per heavy atom. The number of esters is 1. The number of amides is 2. The summed E-state index contributed by atoms with van der Waals surface area (Å²) in [6, 6.07) is 37.8. The molecule has 2 atom stereocenters. The topological polar surface area (TPSA) is 154 Å². The number of ether oxygens (including phenoxy) is 1. The number of aryl methyl sites for hydroxylation is 4. The Balaban J connectivity index is 0.000000194. The molecule has 6 aromatic rings. The van der Waals surface area contributed by atoms with Gasteiger partial charge in [0.1, 0.15) is 11.6 Å². The number of aliphatic carboxylic acids is 1. The van der Waals surface area contributed by atoms with E-state index in [0.717, 1.165) is 137 Å². The van der Waals surface area contributed by atoms with Gasteiger partial charge in [0, 0.05) is 63.5 Å². The molecule has 4 aliphatic heterocycles. The summed E-state index contributed by atoms with van der Waals surface area (Å²) in [6.45, 7) is 5.00. The highest BCUT2D eigenvalue weighted by Crippen LogP contribution is 2.36. The normalized spacial score (nSPS) is 16.5. The molecule has 2 unspecified atom stereocenters. The summed E-state index contributed by atoms with van der Waals surface area (Å²) in [5.41, 5.74) is 6.79. The van der Waals surface area contributed by atoms with Crippen molar-refractivity contribution in [3.05, 3.63) is 143 Å². The summed E-state index contributed by atoms with van der Waals surface area (Å²) in [5.74, 6) is 2.47. The van der Waals surface area contributed by atoms with Gasteiger partial charge in [0.25, 0.3) is 0 Å². The number of rotatable bonds is 16. The first-order valence-corrected chi connectivity index (χ1v) is 26.9. The quantitative estimate of drug-likeness (QED) is 0.0798. The van der Waals surface area contributed by atoms with E-state index in [1.807, 2.05) is 34.1 Å². The first kappa shape index (κ1) is 53.8. The second-order valence-corrected chi connectivity index (χ2v) is 20.8. The lowest BCUT2D eigenvalue weighted by Gasteiger charge is -2.34. The van der Waals surface area contributed by atoms with Crippen molar-refractivity contribution < 1.29 is 29.0 Å². The van der Waals surface area contributed by atoms with Crippen LogP contribution in [-0.2, 0) is 49.6 Å². The van der Waals surface area contributed by atoms with Crippen molar-refractivity contribution in [2.24, 2.45) is 11.8 Å². The van der Waals surface area contributed by atoms with Crippen LogP contribution in [0.5, 0.6) is 0 Å². The van der Waals surface area contributed by atoms with E-state index in [1.165, 1.54) is 40.0 Å². The molecule has 12 nitrogen and oxygen atoms in total. The number of carboxylic acid groups (broad SMARTS) is 1. The van der Waals surface area contributed by atoms with Gasteiger partial charge in [-0.15, -0.1) is 12.4 Å². The number of carbonyl (C=O) groups is 4. The fraction of sp³-hybridized carbons (Fsp3) is 0.443. The van der Waals surface area contributed by atoms with Gasteiger partial charge in [0.05, 0.1) is 20.0 Å². The van der Waals surface area contributed by atoms with E-state index in [2.05, 4.69) is 95.6 Å². The molecule has 4 aliphatic rings. The van der Waals surface area contributed by atoms with Crippen molar-refractivity contribution in [1.29, 1.82) is 0 Å². The smallest absolute Gasteiger partial charge is 0.306 e. The van der Waals surface area contributed by atoms with Gasteiger partial charge in [-0.05, 0) is 157 Å². The SMILES string of the molecule is COC(=O)CC(CC1CCN(C(=O)CCc2ccc3c(n2)NCCC3)CC1)c1ccc2ccccc2c1.Cl.O=C(O)CC(CC1CCN(C(=O)CCc2ccc3c(n2)NCCC3)CC1)c1ccc2ccccc2c1. The Kier molecular flexibility index (Phi) is 19.0. The summed E-state index contributed by atoms with van der Waals surface area (Å²) < 4.78 is 5.02. The molecule has 13 heteroatoms. The van der Waals surface area contributed by atoms with Crippen LogP contribution in [0.4, 0.5) is 11.6 Å². The molecule has 2 aromatic heterocycles. The van der Waals surface area contributed by atoms with Crippen molar-refractivity contribution in [1.82, 2.24) is 19.8 Å². The molecule has 3 N–H and O–H groups in total. The van der Waals surface area contributed by atoms with Gasteiger partial charge >= 0.3 is 11.9 Å². The number of aromatic nitrogens is 2. The van der Waals surface area contributed by atoms with E-state index in [-0.39, 0.29) is 48.4 Å². The monoisotopic (exact) mass is 1020 g/mol. The maximum Gasteiger partial charge on any atom is 0.306 e. The number of halogens is 1. The lowest BCUT2D eigenvalue weighted by molar-refractivity contribution is -0.141. The van der Waals surface area contributed by atoms with Crippen LogP contribution in [0.1, 0.15) is 123 Å². The molecule has 10 rings (SSSR count). The predicted molar refractivity (Wildman–Crippen MR) is 296 cm³/mol. The fourth-order valence-electron chi connectivity index (χ4n) is 11.5. The number of nitrogens with one attached hydrogen (secondary N) is 2. The number of methoxy groups -OCH3 is 1. The first-order chi connectivity index (χ1) is 35.6. The van der Waals surface area contributed by atoms with Crippen molar-refractivity contribution in [2.75, 3.05) is 57.0 Å². The number of nitrogens with zero attached hydrogens (tertiary/aromatic N) is 4. The standard InChI is InChI=1S/C31H37N3O3.C30H35N3O3.ClH/c1-37-30(36)21-27(26-9-8-23-5-2-3-6-25(23)20-26)19-22-14-17-34(18-15-22)29(35)13-12-28-11-10-24-7-4-16-32-31(24)33-28;34-28(12-11-27-10-9-23-6-3-15-31-30(23)32-27)33-16-13-21(14-17-33)18-26(20-29(35)36)25-8-7-22-4-1-2-5-24(22)19-25;/h2-3,5-6,8-11,20,22,27H,4,7,12-19,21H2,1H3,(H,32,33);1-2,4-5,7-10,19,21,26H,3,6,11-18,20H2,(H,31,32)(H,35,36);1H. The number of pyridine rings is 2. The zero-order chi connectivity index (χ0) is 50.5. The number of benzene rings is 4. The molecule has 2 fully saturated rings. The summed E-state index contributed by atoms with van der Waals surface area (Å²) in [6.07, 6.45) is 12.8. The summed E-state index contributed by atoms with van der Waals surface area (Å²) >= 11 is 0. The third kappa shape index (κ3) is 14.4. The number of anilines is 2. The van der Waals surface area contributed by atoms with E-state index in [1.54, 1.807) is 0 Å². The van der Waals surface area contributed by atoms with E-state index in [4.69, 9.17) is 14.7 Å². The third-order valence-electron chi connectivity index (χ3n) is 15.8. The largest absolute Gasteiger partial charge is 0.481 e. The highest BCUT2D eigenvalue weighted by atomic mass is 35.5. The highest BCUT2D eigenvalue weighted by Gasteiger charge is 2.29. The zero-order valence-electron chi connectivity index (χ0n) is 42.9. The molecular weight excluding hydrogens is 948 g/mol. The molecule has 4 aromatic carbocycles. The third-order valence-corrected chi connectivity index (χ3v) is 15.8. The summed E-state index contributed by atoms with van der Waals surface area (Å²) in [5, 5.41) is 21.0. The summed E-state index contributed by atoms with van der Waals surface area (Å²) in [4.78, 5) is 63.1. The molecule has 0 saturated carbocycles. The first-order valence-electron chi connectivity index (χ1n) is 26.9. The molecule has 390 valence electrons. The van der Waals surface area contributed by atoms with Gasteiger partial charge in [-0.25, -0.2) is 9.97 Å². The second-order valence-electron chi connectivity index (χ2n) is 20.8.